The van der Waals surface area contributed by atoms with Crippen LogP contribution in [0, 0.1) is 5.92 Å². The minimum atomic E-state index is -0.373. The molecule has 0 aliphatic carbocycles. The SMILES string of the molecule is COC(=O)/C(C)=C/O[C@@H](CCI)C[C@@H](OCc1ccccc1)[C@@H](C)[C@@H]1CC[C@@H](C)O1. The highest BCUT2D eigenvalue weighted by Crippen LogP contribution is 2.31. The second-order valence-corrected chi connectivity index (χ2v) is 9.10. The first-order valence-corrected chi connectivity index (χ1v) is 12.2. The number of benzene rings is 1. The Bertz CT molecular complexity index is 663. The van der Waals surface area contributed by atoms with Gasteiger partial charge in [-0.2, -0.15) is 0 Å². The lowest BCUT2D eigenvalue weighted by Crippen LogP contribution is -2.35. The van der Waals surface area contributed by atoms with Gasteiger partial charge in [0.15, 0.2) is 0 Å². The van der Waals surface area contributed by atoms with Crippen molar-refractivity contribution in [1.82, 2.24) is 0 Å². The number of rotatable bonds is 12. The molecule has 5 nitrogen and oxygen atoms in total. The lowest BCUT2D eigenvalue weighted by Gasteiger charge is -2.31. The zero-order valence-electron chi connectivity index (χ0n) is 18.5. The summed E-state index contributed by atoms with van der Waals surface area (Å²) in [5, 5.41) is 0. The first-order chi connectivity index (χ1) is 14.4. The molecule has 0 unspecified atom stereocenters. The van der Waals surface area contributed by atoms with Gasteiger partial charge in [0.05, 0.1) is 43.9 Å². The van der Waals surface area contributed by atoms with E-state index in [2.05, 4.69) is 48.6 Å². The molecule has 1 aliphatic rings. The first kappa shape index (κ1) is 25.1. The first-order valence-electron chi connectivity index (χ1n) is 10.7. The Balaban J connectivity index is 2.08. The van der Waals surface area contributed by atoms with Gasteiger partial charge in [-0.1, -0.05) is 59.8 Å². The molecule has 1 aromatic carbocycles. The van der Waals surface area contributed by atoms with E-state index >= 15 is 0 Å². The molecule has 0 bridgehead atoms. The van der Waals surface area contributed by atoms with Crippen molar-refractivity contribution in [1.29, 1.82) is 0 Å². The van der Waals surface area contributed by atoms with Crippen molar-refractivity contribution in [3.8, 4) is 0 Å². The Morgan fingerprint density at radius 1 is 1.30 bits per heavy atom. The van der Waals surface area contributed by atoms with Crippen LogP contribution < -0.4 is 0 Å². The van der Waals surface area contributed by atoms with Crippen LogP contribution in [0.15, 0.2) is 42.2 Å². The molecule has 1 aromatic rings. The second-order valence-electron chi connectivity index (χ2n) is 8.02. The highest BCUT2D eigenvalue weighted by molar-refractivity contribution is 14.1. The van der Waals surface area contributed by atoms with Crippen molar-refractivity contribution >= 4 is 28.6 Å². The molecule has 2 rings (SSSR count). The lowest BCUT2D eigenvalue weighted by atomic mass is 9.91. The third kappa shape index (κ3) is 8.19. The summed E-state index contributed by atoms with van der Waals surface area (Å²) in [6.07, 6.45) is 5.77. The van der Waals surface area contributed by atoms with Crippen LogP contribution in [0.4, 0.5) is 0 Å². The average Bonchev–Trinajstić information content (AvgIpc) is 3.20. The largest absolute Gasteiger partial charge is 0.497 e. The summed E-state index contributed by atoms with van der Waals surface area (Å²) in [5.74, 6) is -0.119. The fourth-order valence-corrected chi connectivity index (χ4v) is 4.40. The van der Waals surface area contributed by atoms with Crippen LogP contribution in [0.3, 0.4) is 0 Å². The van der Waals surface area contributed by atoms with Crippen molar-refractivity contribution < 1.29 is 23.7 Å². The fourth-order valence-electron chi connectivity index (χ4n) is 3.70. The Kier molecular flexibility index (Phi) is 11.2. The molecule has 5 atom stereocenters. The third-order valence-electron chi connectivity index (χ3n) is 5.62. The van der Waals surface area contributed by atoms with Gasteiger partial charge in [-0.15, -0.1) is 0 Å². The number of carbonyl (C=O) groups excluding carboxylic acids is 1. The van der Waals surface area contributed by atoms with Gasteiger partial charge < -0.3 is 18.9 Å². The van der Waals surface area contributed by atoms with Crippen LogP contribution in [0.5, 0.6) is 0 Å². The number of halogens is 1. The molecule has 1 fully saturated rings. The summed E-state index contributed by atoms with van der Waals surface area (Å²) < 4.78 is 24.3. The van der Waals surface area contributed by atoms with Crippen LogP contribution in [-0.2, 0) is 30.3 Å². The van der Waals surface area contributed by atoms with Crippen LogP contribution in [-0.4, -0.2) is 41.9 Å². The molecule has 0 radical (unpaired) electrons. The van der Waals surface area contributed by atoms with Crippen molar-refractivity contribution in [3.63, 3.8) is 0 Å². The number of carbonyl (C=O) groups is 1. The monoisotopic (exact) mass is 530 g/mol. The van der Waals surface area contributed by atoms with Gasteiger partial charge in [0.25, 0.3) is 0 Å². The highest BCUT2D eigenvalue weighted by Gasteiger charge is 2.34. The van der Waals surface area contributed by atoms with Crippen LogP contribution in [0.2, 0.25) is 0 Å². The minimum absolute atomic E-state index is 0.000268. The molecule has 30 heavy (non-hydrogen) atoms. The maximum atomic E-state index is 11.7. The van der Waals surface area contributed by atoms with Crippen molar-refractivity contribution in [3.05, 3.63) is 47.7 Å². The Morgan fingerprint density at radius 2 is 2.03 bits per heavy atom. The number of methoxy groups -OCH3 is 1. The molecule has 1 heterocycles. The van der Waals surface area contributed by atoms with Gasteiger partial charge in [-0.05, 0) is 38.7 Å². The summed E-state index contributed by atoms with van der Waals surface area (Å²) in [4.78, 5) is 11.7. The smallest absolute Gasteiger partial charge is 0.336 e. The summed E-state index contributed by atoms with van der Waals surface area (Å²) in [7, 11) is 1.37. The lowest BCUT2D eigenvalue weighted by molar-refractivity contribution is -0.136. The van der Waals surface area contributed by atoms with Crippen molar-refractivity contribution in [2.45, 2.75) is 77.5 Å². The Morgan fingerprint density at radius 3 is 2.63 bits per heavy atom. The van der Waals surface area contributed by atoms with Gasteiger partial charge in [0.2, 0.25) is 0 Å². The van der Waals surface area contributed by atoms with E-state index in [4.69, 9.17) is 18.9 Å². The number of esters is 1. The van der Waals surface area contributed by atoms with Crippen LogP contribution in [0.1, 0.15) is 52.0 Å². The van der Waals surface area contributed by atoms with Gasteiger partial charge in [0, 0.05) is 16.8 Å². The minimum Gasteiger partial charge on any atom is -0.497 e. The maximum absolute atomic E-state index is 11.7. The number of ether oxygens (including phenoxy) is 4. The summed E-state index contributed by atoms with van der Waals surface area (Å²) in [6, 6.07) is 10.2. The normalized spacial score (nSPS) is 22.4. The van der Waals surface area contributed by atoms with Gasteiger partial charge in [-0.25, -0.2) is 4.79 Å². The van der Waals surface area contributed by atoms with Crippen LogP contribution in [0.25, 0.3) is 0 Å². The number of hydrogen-bond acceptors (Lipinski definition) is 5. The number of hydrogen-bond donors (Lipinski definition) is 0. The second kappa shape index (κ2) is 13.3. The predicted molar refractivity (Wildman–Crippen MR) is 127 cm³/mol. The molecule has 0 aromatic heterocycles. The van der Waals surface area contributed by atoms with Crippen molar-refractivity contribution in [2.24, 2.45) is 5.92 Å². The molecule has 0 spiro atoms. The standard InChI is InChI=1S/C24H35IO5/c1-17(24(26)27-4)15-28-21(12-13-25)14-23(19(3)22-11-10-18(2)30-22)29-16-20-8-6-5-7-9-20/h5-9,15,18-19,21-23H,10-14,16H2,1-4H3/b17-15+/t18-,19+,21+,22+,23-/m1/s1. The van der Waals surface area contributed by atoms with Gasteiger partial charge >= 0.3 is 5.97 Å². The molecule has 1 saturated heterocycles. The predicted octanol–water partition coefficient (Wildman–Crippen LogP) is 5.45. The Hall–Kier alpha value is -1.12. The molecule has 6 heteroatoms. The van der Waals surface area contributed by atoms with E-state index in [-0.39, 0.29) is 30.2 Å². The Labute approximate surface area is 194 Å². The fraction of sp³-hybridized carbons (Fsp3) is 0.625. The van der Waals surface area contributed by atoms with E-state index in [1.165, 1.54) is 13.4 Å². The quantitative estimate of drug-likeness (QED) is 0.118. The average molecular weight is 530 g/mol. The number of alkyl halides is 1. The molecular weight excluding hydrogens is 495 g/mol. The summed E-state index contributed by atoms with van der Waals surface area (Å²) >= 11 is 2.36. The van der Waals surface area contributed by atoms with E-state index in [9.17, 15) is 4.79 Å². The molecule has 168 valence electrons. The van der Waals surface area contributed by atoms with E-state index < -0.39 is 0 Å². The van der Waals surface area contributed by atoms with Gasteiger partial charge in [0.1, 0.15) is 6.10 Å². The van der Waals surface area contributed by atoms with Gasteiger partial charge in [-0.3, -0.25) is 0 Å². The van der Waals surface area contributed by atoms with E-state index in [1.807, 2.05) is 18.2 Å². The molecule has 0 saturated carbocycles. The molecule has 0 amide bonds. The van der Waals surface area contributed by atoms with Crippen molar-refractivity contribution in [2.75, 3.05) is 11.5 Å². The maximum Gasteiger partial charge on any atom is 0.336 e. The van der Waals surface area contributed by atoms with E-state index in [1.54, 1.807) is 6.92 Å². The van der Waals surface area contributed by atoms with E-state index in [0.29, 0.717) is 18.3 Å². The highest BCUT2D eigenvalue weighted by atomic mass is 127. The zero-order chi connectivity index (χ0) is 21.9. The summed E-state index contributed by atoms with van der Waals surface area (Å²) in [5.41, 5.74) is 1.61. The zero-order valence-corrected chi connectivity index (χ0v) is 20.7. The summed E-state index contributed by atoms with van der Waals surface area (Å²) in [6.45, 7) is 6.61. The van der Waals surface area contributed by atoms with E-state index in [0.717, 1.165) is 35.7 Å². The molecule has 0 N–H and O–H groups in total. The molecule has 1 aliphatic heterocycles. The van der Waals surface area contributed by atoms with Crippen LogP contribution >= 0.6 is 22.6 Å². The topological polar surface area (TPSA) is 54.0 Å². The third-order valence-corrected chi connectivity index (χ3v) is 6.24. The molecular formula is C24H35IO5.